The Kier molecular flexibility index (Phi) is 16.6. The van der Waals surface area contributed by atoms with Gasteiger partial charge in [-0.25, -0.2) is 0 Å². The summed E-state index contributed by atoms with van der Waals surface area (Å²) in [6, 6.07) is 12.0. The fourth-order valence-electron chi connectivity index (χ4n) is 12.5. The van der Waals surface area contributed by atoms with E-state index in [0.717, 1.165) is 75.4 Å². The van der Waals surface area contributed by atoms with Gasteiger partial charge in [0.1, 0.15) is 0 Å². The van der Waals surface area contributed by atoms with E-state index in [0.29, 0.717) is 59.4 Å². The Morgan fingerprint density at radius 1 is 0.479 bits per heavy atom. The Morgan fingerprint density at radius 3 is 1.10 bits per heavy atom. The first-order chi connectivity index (χ1) is 32.0. The van der Waals surface area contributed by atoms with E-state index >= 15 is 13.2 Å². The number of fused-ring (bicyclic) bond motifs is 2. The third-order valence-electron chi connectivity index (χ3n) is 15.4. The second-order valence-corrected chi connectivity index (χ2v) is 49.0. The minimum atomic E-state index is -5.69. The molecular weight excluding hydrogens is 1100 g/mol. The Labute approximate surface area is 417 Å². The van der Waals surface area contributed by atoms with Gasteiger partial charge in [-0.15, -0.1) is 24.8 Å². The summed E-state index contributed by atoms with van der Waals surface area (Å²) in [6.45, 7) is 1.59. The molecule has 2 atom stereocenters. The Bertz CT molecular complexity index is 2500. The molecule has 8 rings (SSSR count). The van der Waals surface area contributed by atoms with Crippen molar-refractivity contribution in [3.8, 4) is 22.3 Å². The molecule has 2 fully saturated rings. The van der Waals surface area contributed by atoms with Crippen molar-refractivity contribution in [2.75, 3.05) is 0 Å². The molecule has 0 radical (unpaired) electrons. The molecule has 19 heteroatoms. The molecule has 0 aliphatic heterocycles. The molecule has 4 aromatic rings. The first kappa shape index (κ1) is 57.3. The number of rotatable bonds is 10. The van der Waals surface area contributed by atoms with Gasteiger partial charge in [0, 0.05) is 0 Å². The Hall–Kier alpha value is -3.01. The molecule has 0 aromatic heterocycles. The van der Waals surface area contributed by atoms with E-state index in [1.807, 2.05) is 4.63 Å². The SMILES string of the molecule is Cl.Cl.[CH3][Zr](=[SiH2])([CH2]CC(F)(F)F)([CH]1C(CC2CCCCC2)=Cc2c(-c3cc(C(F)(F)F)cc(C(F)(F)F)c3)cccc21)[CH]1C(CC2CCCCC2)=Cc2c(-c3cc(C(F)(F)F)cc(C(F)(F)F)c3)cccc21. The predicted molar refractivity (Wildman–Crippen MR) is 252 cm³/mol. The van der Waals surface area contributed by atoms with Crippen LogP contribution in [0.3, 0.4) is 0 Å². The fourth-order valence-corrected chi connectivity index (χ4v) is 36.1. The van der Waals surface area contributed by atoms with E-state index in [-0.39, 0.29) is 75.2 Å². The zero-order valence-electron chi connectivity index (χ0n) is 38.5. The van der Waals surface area contributed by atoms with Crippen molar-refractivity contribution in [3.05, 3.63) is 128 Å². The normalized spacial score (nSPS) is 19.6. The van der Waals surface area contributed by atoms with Gasteiger partial charge in [0.2, 0.25) is 0 Å². The Morgan fingerprint density at radius 2 is 0.803 bits per heavy atom. The summed E-state index contributed by atoms with van der Waals surface area (Å²) in [7, 11) is 0. The topological polar surface area (TPSA) is 0 Å². The molecule has 0 heterocycles. The molecule has 4 aromatic carbocycles. The molecule has 0 spiro atoms. The van der Waals surface area contributed by atoms with Crippen molar-refractivity contribution in [2.24, 2.45) is 11.8 Å². The molecule has 2 saturated carbocycles. The number of allylic oxidation sites excluding steroid dienone is 2. The van der Waals surface area contributed by atoms with Crippen LogP contribution >= 0.6 is 24.8 Å². The Balaban J connectivity index is 0.00000413. The van der Waals surface area contributed by atoms with Crippen LogP contribution in [0.4, 0.5) is 65.9 Å². The summed E-state index contributed by atoms with van der Waals surface area (Å²) in [5, 5.41) is 0. The van der Waals surface area contributed by atoms with Crippen molar-refractivity contribution in [1.29, 1.82) is 0 Å². The number of benzene rings is 4. The fraction of sp³-hybridized carbons (Fsp3) is 0.462. The van der Waals surface area contributed by atoms with Gasteiger partial charge in [-0.05, 0) is 0 Å². The van der Waals surface area contributed by atoms with Crippen LogP contribution < -0.4 is 0 Å². The van der Waals surface area contributed by atoms with Crippen LogP contribution in [0, 0.1) is 11.8 Å². The molecule has 4 aliphatic carbocycles. The third-order valence-corrected chi connectivity index (χ3v) is 38.3. The van der Waals surface area contributed by atoms with Crippen LogP contribution in [0.15, 0.2) is 83.9 Å². The second kappa shape index (κ2) is 20.6. The quantitative estimate of drug-likeness (QED) is 0.110. The molecule has 0 bridgehead atoms. The van der Waals surface area contributed by atoms with E-state index < -0.39 is 84.2 Å². The average molecular weight is 1150 g/mol. The maximum absolute atomic E-state index is 15.0. The van der Waals surface area contributed by atoms with E-state index in [1.165, 1.54) is 24.3 Å². The van der Waals surface area contributed by atoms with Crippen LogP contribution in [-0.4, -0.2) is 13.1 Å². The molecular formula is C52H53Cl2F15SiZr. The molecule has 0 amide bonds. The minimum absolute atomic E-state index is 0. The first-order valence-electron chi connectivity index (χ1n) is 23.4. The van der Waals surface area contributed by atoms with Gasteiger partial charge in [-0.1, -0.05) is 0 Å². The van der Waals surface area contributed by atoms with Crippen molar-refractivity contribution < 1.29 is 83.3 Å². The summed E-state index contributed by atoms with van der Waals surface area (Å²) in [5.41, 5.74) is -3.52. The van der Waals surface area contributed by atoms with Crippen LogP contribution in [0.5, 0.6) is 0 Å². The molecule has 388 valence electrons. The maximum atomic E-state index is 15.0. The third kappa shape index (κ3) is 12.1. The number of hydrogen-bond donors (Lipinski definition) is 0. The molecule has 2 unspecified atom stereocenters. The number of alkyl halides is 15. The van der Waals surface area contributed by atoms with E-state index in [1.54, 1.807) is 31.2 Å². The van der Waals surface area contributed by atoms with Gasteiger partial charge < -0.3 is 0 Å². The van der Waals surface area contributed by atoms with E-state index in [2.05, 4.69) is 0 Å². The van der Waals surface area contributed by atoms with Crippen molar-refractivity contribution in [3.63, 3.8) is 0 Å². The van der Waals surface area contributed by atoms with Gasteiger partial charge in [-0.3, -0.25) is 0 Å². The van der Waals surface area contributed by atoms with E-state index in [4.69, 9.17) is 0 Å². The summed E-state index contributed by atoms with van der Waals surface area (Å²) in [5.74, 6) is 0.174. The van der Waals surface area contributed by atoms with E-state index in [9.17, 15) is 52.7 Å². The zero-order chi connectivity index (χ0) is 50.1. The van der Waals surface area contributed by atoms with Gasteiger partial charge in [0.25, 0.3) is 0 Å². The summed E-state index contributed by atoms with van der Waals surface area (Å²) < 4.78 is 217. The summed E-state index contributed by atoms with van der Waals surface area (Å²) in [6.07, 6.45) is -13.3. The van der Waals surface area contributed by atoms with Crippen LogP contribution in [0.25, 0.3) is 34.4 Å². The first-order valence-corrected chi connectivity index (χ1v) is 36.3. The number of halogens is 17. The van der Waals surface area contributed by atoms with Crippen LogP contribution in [0.1, 0.15) is 135 Å². The molecule has 0 nitrogen and oxygen atoms in total. The molecule has 71 heavy (non-hydrogen) atoms. The zero-order valence-corrected chi connectivity index (χ0v) is 44.0. The van der Waals surface area contributed by atoms with Crippen molar-refractivity contribution in [2.45, 2.75) is 130 Å². The van der Waals surface area contributed by atoms with Gasteiger partial charge in [-0.2, -0.15) is 0 Å². The number of hydrogen-bond acceptors (Lipinski definition) is 0. The van der Waals surface area contributed by atoms with Crippen molar-refractivity contribution in [1.82, 2.24) is 0 Å². The monoisotopic (exact) mass is 1150 g/mol. The van der Waals surface area contributed by atoms with Gasteiger partial charge in [0.15, 0.2) is 0 Å². The predicted octanol–water partition coefficient (Wildman–Crippen LogP) is 19.1. The van der Waals surface area contributed by atoms with Gasteiger partial charge >= 0.3 is 395 Å². The summed E-state index contributed by atoms with van der Waals surface area (Å²) >= 11 is -5.69. The standard InChI is InChI=1S/2C24H21F6.C3H4F3.CH3.2ClH.H2Si.Zr/c2*25-23(26,27)19-12-18(13-20(14-19)24(28,29)30)21-8-4-7-17-10-16(11-22(17)21)9-15-5-2-1-3-6-15;1-2-3(4,5)6;;;;;/h2*4,7-8,10-15H,1-3,5-6,9H2;1-2H2;1H3;2*1H;1H2;. The van der Waals surface area contributed by atoms with Crippen molar-refractivity contribution >= 4 is 43.8 Å². The van der Waals surface area contributed by atoms with Crippen LogP contribution in [0.2, 0.25) is 8.76 Å². The average Bonchev–Trinajstić information content (AvgIpc) is 3.84. The molecule has 0 N–H and O–H groups in total. The second-order valence-electron chi connectivity index (χ2n) is 20.6. The molecule has 0 saturated heterocycles. The van der Waals surface area contributed by atoms with Crippen LogP contribution in [-0.2, 0) is 42.1 Å². The summed E-state index contributed by atoms with van der Waals surface area (Å²) in [4.78, 5) is 0. The molecule has 4 aliphatic rings. The van der Waals surface area contributed by atoms with Gasteiger partial charge in [0.05, 0.1) is 0 Å².